The van der Waals surface area contributed by atoms with Crippen LogP contribution in [0.3, 0.4) is 0 Å². The molecule has 2 saturated heterocycles. The third-order valence-electron chi connectivity index (χ3n) is 5.63. The molecule has 5 heteroatoms. The van der Waals surface area contributed by atoms with Gasteiger partial charge in [0.15, 0.2) is 0 Å². The summed E-state index contributed by atoms with van der Waals surface area (Å²) in [6.07, 6.45) is 7.30. The van der Waals surface area contributed by atoms with Crippen molar-refractivity contribution >= 4 is 11.7 Å². The second-order valence-corrected chi connectivity index (χ2v) is 7.80. The summed E-state index contributed by atoms with van der Waals surface area (Å²) in [5.41, 5.74) is 1.26. The number of hydrogen-bond acceptors (Lipinski definition) is 4. The monoisotopic (exact) mass is 344 g/mol. The molecule has 1 atom stereocenters. The van der Waals surface area contributed by atoms with Crippen molar-refractivity contribution in [1.82, 2.24) is 14.8 Å². The summed E-state index contributed by atoms with van der Waals surface area (Å²) in [4.78, 5) is 23.6. The Hall–Kier alpha value is -1.62. The number of anilines is 1. The molecule has 2 aliphatic heterocycles. The van der Waals surface area contributed by atoms with Gasteiger partial charge in [-0.1, -0.05) is 6.07 Å². The third kappa shape index (κ3) is 4.51. The zero-order valence-corrected chi connectivity index (χ0v) is 15.9. The first-order valence-electron chi connectivity index (χ1n) is 9.74. The van der Waals surface area contributed by atoms with Crippen LogP contribution in [-0.2, 0) is 11.3 Å². The molecular weight excluding hydrogens is 312 g/mol. The van der Waals surface area contributed by atoms with Crippen LogP contribution >= 0.6 is 0 Å². The number of likely N-dealkylation sites (tertiary alicyclic amines) is 2. The van der Waals surface area contributed by atoms with Crippen molar-refractivity contribution in [2.24, 2.45) is 0 Å². The van der Waals surface area contributed by atoms with Crippen LogP contribution in [0.4, 0.5) is 5.82 Å². The van der Waals surface area contributed by atoms with Gasteiger partial charge in [-0.25, -0.2) is 4.98 Å². The van der Waals surface area contributed by atoms with Gasteiger partial charge in [0, 0.05) is 51.4 Å². The average Bonchev–Trinajstić information content (AvgIpc) is 2.62. The first kappa shape index (κ1) is 18.2. The molecule has 1 aromatic rings. The molecule has 1 unspecified atom stereocenters. The van der Waals surface area contributed by atoms with Gasteiger partial charge in [-0.15, -0.1) is 0 Å². The van der Waals surface area contributed by atoms with Gasteiger partial charge < -0.3 is 9.80 Å². The summed E-state index contributed by atoms with van der Waals surface area (Å²) < 4.78 is 0. The minimum atomic E-state index is 0.362. The minimum Gasteiger partial charge on any atom is -0.357 e. The van der Waals surface area contributed by atoms with E-state index in [9.17, 15) is 4.79 Å². The van der Waals surface area contributed by atoms with Gasteiger partial charge in [0.05, 0.1) is 0 Å². The molecule has 0 spiro atoms. The second-order valence-electron chi connectivity index (χ2n) is 7.80. The van der Waals surface area contributed by atoms with E-state index in [0.29, 0.717) is 18.0 Å². The predicted octanol–water partition coefficient (Wildman–Crippen LogP) is 2.90. The molecule has 0 radical (unpaired) electrons. The fraction of sp³-hybridized carbons (Fsp3) is 0.700. The number of pyridine rings is 1. The summed E-state index contributed by atoms with van der Waals surface area (Å²) in [5, 5.41) is 0. The van der Waals surface area contributed by atoms with E-state index in [1.165, 1.54) is 12.0 Å². The number of carbonyl (C=O) groups excluding carboxylic acids is 1. The van der Waals surface area contributed by atoms with Crippen LogP contribution in [0.5, 0.6) is 0 Å². The third-order valence-corrected chi connectivity index (χ3v) is 5.63. The Balaban J connectivity index is 1.58. The summed E-state index contributed by atoms with van der Waals surface area (Å²) in [6.45, 7) is 8.34. The average molecular weight is 345 g/mol. The van der Waals surface area contributed by atoms with E-state index in [-0.39, 0.29) is 0 Å². The van der Waals surface area contributed by atoms with Crippen LogP contribution in [-0.4, -0.2) is 59.5 Å². The van der Waals surface area contributed by atoms with Crippen molar-refractivity contribution in [2.45, 2.75) is 64.6 Å². The number of carbonyl (C=O) groups is 1. The van der Waals surface area contributed by atoms with E-state index < -0.39 is 0 Å². The normalized spacial score (nSPS) is 22.5. The molecule has 3 heterocycles. The summed E-state index contributed by atoms with van der Waals surface area (Å²) >= 11 is 0. The molecule has 0 bridgehead atoms. The Morgan fingerprint density at radius 3 is 2.76 bits per heavy atom. The van der Waals surface area contributed by atoms with Crippen molar-refractivity contribution in [1.29, 1.82) is 0 Å². The zero-order valence-electron chi connectivity index (χ0n) is 15.9. The second kappa shape index (κ2) is 8.17. The van der Waals surface area contributed by atoms with Gasteiger partial charge in [0.2, 0.25) is 5.91 Å². The summed E-state index contributed by atoms with van der Waals surface area (Å²) in [5.74, 6) is 1.38. The molecule has 25 heavy (non-hydrogen) atoms. The Bertz CT molecular complexity index is 572. The number of aromatic nitrogens is 1. The molecule has 3 rings (SSSR count). The number of piperidine rings is 2. The molecule has 138 valence electrons. The standard InChI is InChI=1S/C20H32N4O/c1-16(2)22(3)19-10-9-17(13-21-19)14-23-11-6-7-18(15-23)24-12-5-4-8-20(24)25/h9-10,13,16,18H,4-8,11-12,14-15H2,1-3H3. The van der Waals surface area contributed by atoms with Crippen LogP contribution in [0.2, 0.25) is 0 Å². The van der Waals surface area contributed by atoms with E-state index in [1.807, 2.05) is 6.20 Å². The Morgan fingerprint density at radius 2 is 2.08 bits per heavy atom. The Morgan fingerprint density at radius 1 is 1.24 bits per heavy atom. The van der Waals surface area contributed by atoms with Crippen LogP contribution in [0.15, 0.2) is 18.3 Å². The molecule has 5 nitrogen and oxygen atoms in total. The lowest BCUT2D eigenvalue weighted by Crippen LogP contribution is -2.51. The molecule has 0 aliphatic carbocycles. The van der Waals surface area contributed by atoms with Crippen molar-refractivity contribution < 1.29 is 4.79 Å². The van der Waals surface area contributed by atoms with Gasteiger partial charge in [0.1, 0.15) is 5.82 Å². The first-order chi connectivity index (χ1) is 12.0. The highest BCUT2D eigenvalue weighted by molar-refractivity contribution is 5.77. The Kier molecular flexibility index (Phi) is 5.94. The quantitative estimate of drug-likeness (QED) is 0.823. The molecule has 1 aromatic heterocycles. The van der Waals surface area contributed by atoms with Gasteiger partial charge in [0.25, 0.3) is 0 Å². The van der Waals surface area contributed by atoms with E-state index in [1.54, 1.807) is 0 Å². The molecule has 2 aliphatic rings. The summed E-state index contributed by atoms with van der Waals surface area (Å²) in [6, 6.07) is 5.16. The van der Waals surface area contributed by atoms with Crippen molar-refractivity contribution in [3.63, 3.8) is 0 Å². The maximum atomic E-state index is 12.2. The number of nitrogens with zero attached hydrogens (tertiary/aromatic N) is 4. The highest BCUT2D eigenvalue weighted by Crippen LogP contribution is 2.22. The highest BCUT2D eigenvalue weighted by Gasteiger charge is 2.29. The number of rotatable bonds is 5. The van der Waals surface area contributed by atoms with Crippen LogP contribution < -0.4 is 4.90 Å². The van der Waals surface area contributed by atoms with Crippen molar-refractivity contribution in [3.05, 3.63) is 23.9 Å². The van der Waals surface area contributed by atoms with E-state index in [0.717, 1.165) is 57.7 Å². The lowest BCUT2D eigenvalue weighted by atomic mass is 10.00. The molecule has 1 amide bonds. The highest BCUT2D eigenvalue weighted by atomic mass is 16.2. The van der Waals surface area contributed by atoms with Gasteiger partial charge >= 0.3 is 0 Å². The molecule has 0 saturated carbocycles. The molecule has 0 aromatic carbocycles. The largest absolute Gasteiger partial charge is 0.357 e. The van der Waals surface area contributed by atoms with Crippen molar-refractivity contribution in [3.8, 4) is 0 Å². The van der Waals surface area contributed by atoms with E-state index in [4.69, 9.17) is 0 Å². The number of hydrogen-bond donors (Lipinski definition) is 0. The molecular formula is C20H32N4O. The molecule has 2 fully saturated rings. The van der Waals surface area contributed by atoms with E-state index >= 15 is 0 Å². The van der Waals surface area contributed by atoms with Gasteiger partial charge in [-0.2, -0.15) is 0 Å². The summed E-state index contributed by atoms with van der Waals surface area (Å²) in [7, 11) is 2.08. The predicted molar refractivity (Wildman–Crippen MR) is 102 cm³/mol. The van der Waals surface area contributed by atoms with Crippen LogP contribution in [0.1, 0.15) is 51.5 Å². The topological polar surface area (TPSA) is 39.7 Å². The molecule has 0 N–H and O–H groups in total. The zero-order chi connectivity index (χ0) is 17.8. The lowest BCUT2D eigenvalue weighted by molar-refractivity contribution is -0.137. The fourth-order valence-corrected chi connectivity index (χ4v) is 3.88. The first-order valence-corrected chi connectivity index (χ1v) is 9.74. The lowest BCUT2D eigenvalue weighted by Gasteiger charge is -2.41. The van der Waals surface area contributed by atoms with Crippen LogP contribution in [0.25, 0.3) is 0 Å². The van der Waals surface area contributed by atoms with Gasteiger partial charge in [-0.3, -0.25) is 9.69 Å². The minimum absolute atomic E-state index is 0.362. The Labute approximate surface area is 152 Å². The van der Waals surface area contributed by atoms with E-state index in [2.05, 4.69) is 52.7 Å². The van der Waals surface area contributed by atoms with Crippen molar-refractivity contribution in [2.75, 3.05) is 31.6 Å². The maximum absolute atomic E-state index is 12.2. The van der Waals surface area contributed by atoms with Gasteiger partial charge in [-0.05, 0) is 57.7 Å². The smallest absolute Gasteiger partial charge is 0.222 e. The number of amides is 1. The fourth-order valence-electron chi connectivity index (χ4n) is 3.88. The maximum Gasteiger partial charge on any atom is 0.222 e. The SMILES string of the molecule is CC(C)N(C)c1ccc(CN2CCCC(N3CCCCC3=O)C2)cn1. The van der Waals surface area contributed by atoms with Crippen LogP contribution in [0, 0.1) is 0 Å².